The summed E-state index contributed by atoms with van der Waals surface area (Å²) in [6.07, 6.45) is 4.48. The Bertz CT molecular complexity index is 868. The molecule has 0 saturated carbocycles. The molecular weight excluding hydrogens is 312 g/mol. The molecule has 5 heteroatoms. The molecule has 2 aromatic rings. The fourth-order valence-electron chi connectivity index (χ4n) is 3.84. The number of pyridine rings is 1. The average Bonchev–Trinajstić information content (AvgIpc) is 2.99. The fourth-order valence-corrected chi connectivity index (χ4v) is 3.84. The zero-order valence-corrected chi connectivity index (χ0v) is 13.8. The van der Waals surface area contributed by atoms with Crippen molar-refractivity contribution in [3.8, 4) is 29.3 Å². The Kier molecular flexibility index (Phi) is 4.09. The number of hydrogen-bond acceptors (Lipinski definition) is 5. The number of nitrogens with zero attached hydrogens (tertiary/aromatic N) is 3. The van der Waals surface area contributed by atoms with E-state index in [0.29, 0.717) is 34.8 Å². The van der Waals surface area contributed by atoms with Gasteiger partial charge < -0.3 is 10.1 Å². The van der Waals surface area contributed by atoms with Gasteiger partial charge in [0, 0.05) is 23.7 Å². The van der Waals surface area contributed by atoms with Crippen LogP contribution in [-0.2, 0) is 0 Å². The molecule has 2 bridgehead atoms. The van der Waals surface area contributed by atoms with Crippen LogP contribution in [0.25, 0.3) is 11.3 Å². The quantitative estimate of drug-likeness (QED) is 0.935. The summed E-state index contributed by atoms with van der Waals surface area (Å²) in [7, 11) is 0. The Hall–Kier alpha value is -2.89. The maximum atomic E-state index is 9.35. The van der Waals surface area contributed by atoms with Crippen LogP contribution >= 0.6 is 0 Å². The van der Waals surface area contributed by atoms with Gasteiger partial charge in [-0.25, -0.2) is 4.98 Å². The summed E-state index contributed by atoms with van der Waals surface area (Å²) in [5, 5.41) is 22.3. The van der Waals surface area contributed by atoms with Gasteiger partial charge >= 0.3 is 0 Å². The van der Waals surface area contributed by atoms with Crippen molar-refractivity contribution >= 4 is 0 Å². The molecule has 0 radical (unpaired) electrons. The molecule has 4 rings (SSSR count). The van der Waals surface area contributed by atoms with Gasteiger partial charge in [-0.05, 0) is 37.8 Å². The van der Waals surface area contributed by atoms with Crippen LogP contribution in [0.1, 0.15) is 36.8 Å². The topological polar surface area (TPSA) is 81.7 Å². The van der Waals surface area contributed by atoms with Gasteiger partial charge in [0.2, 0.25) is 5.88 Å². The van der Waals surface area contributed by atoms with Crippen LogP contribution in [0.2, 0.25) is 0 Å². The van der Waals surface area contributed by atoms with Gasteiger partial charge in [-0.3, -0.25) is 0 Å². The summed E-state index contributed by atoms with van der Waals surface area (Å²) >= 11 is 0. The molecule has 124 valence electrons. The number of nitriles is 2. The molecule has 25 heavy (non-hydrogen) atoms. The fraction of sp³-hybridized carbons (Fsp3) is 0.350. The third-order valence-corrected chi connectivity index (χ3v) is 4.97. The van der Waals surface area contributed by atoms with E-state index in [1.165, 1.54) is 12.8 Å². The van der Waals surface area contributed by atoms with E-state index in [4.69, 9.17) is 4.74 Å². The minimum Gasteiger partial charge on any atom is -0.474 e. The molecule has 0 spiro atoms. The molecule has 2 fully saturated rings. The van der Waals surface area contributed by atoms with E-state index in [-0.39, 0.29) is 6.10 Å². The Balaban J connectivity index is 1.65. The molecule has 1 aromatic carbocycles. The predicted octanol–water partition coefficient (Wildman–Crippen LogP) is 3.15. The third-order valence-electron chi connectivity index (χ3n) is 4.97. The van der Waals surface area contributed by atoms with Gasteiger partial charge in [-0.15, -0.1) is 0 Å². The van der Waals surface area contributed by atoms with E-state index in [1.54, 1.807) is 18.2 Å². The van der Waals surface area contributed by atoms with Crippen LogP contribution in [0.4, 0.5) is 0 Å². The van der Waals surface area contributed by atoms with Crippen molar-refractivity contribution in [2.45, 2.75) is 43.9 Å². The van der Waals surface area contributed by atoms with Gasteiger partial charge in [0.25, 0.3) is 0 Å². The lowest BCUT2D eigenvalue weighted by molar-refractivity contribution is 0.132. The van der Waals surface area contributed by atoms with Crippen molar-refractivity contribution in [2.75, 3.05) is 0 Å². The zero-order valence-electron chi connectivity index (χ0n) is 13.8. The smallest absolute Gasteiger partial charge is 0.215 e. The molecule has 0 amide bonds. The van der Waals surface area contributed by atoms with Crippen LogP contribution in [-0.4, -0.2) is 23.2 Å². The summed E-state index contributed by atoms with van der Waals surface area (Å²) in [6.45, 7) is 0. The van der Waals surface area contributed by atoms with Crippen molar-refractivity contribution in [3.63, 3.8) is 0 Å². The van der Waals surface area contributed by atoms with Crippen molar-refractivity contribution < 1.29 is 4.74 Å². The van der Waals surface area contributed by atoms with Crippen molar-refractivity contribution in [3.05, 3.63) is 47.5 Å². The largest absolute Gasteiger partial charge is 0.474 e. The number of ether oxygens (including phenoxy) is 1. The molecule has 1 N–H and O–H groups in total. The molecule has 2 aliphatic heterocycles. The SMILES string of the molecule is N#Cc1cc(OC2CC3CCC(C2)N3)nc(-c2ccccc2C#N)c1. The van der Waals surface area contributed by atoms with Gasteiger partial charge in [0.15, 0.2) is 0 Å². The number of nitrogens with one attached hydrogen (secondary N) is 1. The third kappa shape index (κ3) is 3.20. The number of fused-ring (bicyclic) bond motifs is 2. The van der Waals surface area contributed by atoms with Crippen molar-refractivity contribution in [2.24, 2.45) is 0 Å². The number of aromatic nitrogens is 1. The maximum absolute atomic E-state index is 9.35. The van der Waals surface area contributed by atoms with Gasteiger partial charge in [-0.1, -0.05) is 18.2 Å². The lowest BCUT2D eigenvalue weighted by atomic mass is 10.0. The molecule has 2 saturated heterocycles. The monoisotopic (exact) mass is 330 g/mol. The Morgan fingerprint density at radius 1 is 1.04 bits per heavy atom. The first-order chi connectivity index (χ1) is 12.2. The Morgan fingerprint density at radius 2 is 1.80 bits per heavy atom. The second kappa shape index (κ2) is 6.55. The predicted molar refractivity (Wildman–Crippen MR) is 92.7 cm³/mol. The van der Waals surface area contributed by atoms with Crippen LogP contribution in [0, 0.1) is 22.7 Å². The van der Waals surface area contributed by atoms with Crippen molar-refractivity contribution in [1.82, 2.24) is 10.3 Å². The summed E-state index contributed by atoms with van der Waals surface area (Å²) in [4.78, 5) is 4.58. The van der Waals surface area contributed by atoms with E-state index in [2.05, 4.69) is 22.4 Å². The molecule has 0 aliphatic carbocycles. The summed E-state index contributed by atoms with van der Waals surface area (Å²) < 4.78 is 6.13. The standard InChI is InChI=1S/C20H18N4O/c21-11-13-7-19(18-4-2-1-3-14(18)12-22)24-20(8-13)25-17-9-15-5-6-16(10-17)23-15/h1-4,7-8,15-17,23H,5-6,9-10H2. The number of benzene rings is 1. The van der Waals surface area contributed by atoms with Crippen LogP contribution in [0.3, 0.4) is 0 Å². The molecule has 3 heterocycles. The van der Waals surface area contributed by atoms with Crippen LogP contribution < -0.4 is 10.1 Å². The summed E-state index contributed by atoms with van der Waals surface area (Å²) in [5.41, 5.74) is 2.35. The maximum Gasteiger partial charge on any atom is 0.215 e. The van der Waals surface area contributed by atoms with E-state index in [0.717, 1.165) is 18.4 Å². The van der Waals surface area contributed by atoms with Gasteiger partial charge in [-0.2, -0.15) is 10.5 Å². The highest BCUT2D eigenvalue weighted by Crippen LogP contribution is 2.31. The highest BCUT2D eigenvalue weighted by atomic mass is 16.5. The Morgan fingerprint density at radius 3 is 2.52 bits per heavy atom. The normalized spacial score (nSPS) is 24.3. The van der Waals surface area contributed by atoms with E-state index < -0.39 is 0 Å². The minimum atomic E-state index is 0.124. The molecule has 2 atom stereocenters. The molecule has 2 aliphatic rings. The van der Waals surface area contributed by atoms with Crippen LogP contribution in [0.5, 0.6) is 5.88 Å². The highest BCUT2D eigenvalue weighted by Gasteiger charge is 2.34. The molecular formula is C20H18N4O. The first-order valence-corrected chi connectivity index (χ1v) is 8.59. The molecule has 2 unspecified atom stereocenters. The van der Waals surface area contributed by atoms with Crippen LogP contribution in [0.15, 0.2) is 36.4 Å². The first-order valence-electron chi connectivity index (χ1n) is 8.59. The second-order valence-electron chi connectivity index (χ2n) is 6.70. The number of rotatable bonds is 3. The van der Waals surface area contributed by atoms with E-state index in [9.17, 15) is 10.5 Å². The summed E-state index contributed by atoms with van der Waals surface area (Å²) in [5.74, 6) is 0.466. The van der Waals surface area contributed by atoms with E-state index in [1.807, 2.05) is 18.2 Å². The van der Waals surface area contributed by atoms with E-state index >= 15 is 0 Å². The average molecular weight is 330 g/mol. The molecule has 5 nitrogen and oxygen atoms in total. The lowest BCUT2D eigenvalue weighted by Crippen LogP contribution is -2.42. The second-order valence-corrected chi connectivity index (χ2v) is 6.70. The van der Waals surface area contributed by atoms with Crippen molar-refractivity contribution in [1.29, 1.82) is 10.5 Å². The Labute approximate surface area is 146 Å². The minimum absolute atomic E-state index is 0.124. The lowest BCUT2D eigenvalue weighted by Gasteiger charge is -2.29. The molecule has 1 aromatic heterocycles. The van der Waals surface area contributed by atoms with Gasteiger partial charge in [0.1, 0.15) is 6.10 Å². The number of hydrogen-bond donors (Lipinski definition) is 1. The zero-order chi connectivity index (χ0) is 17.2. The number of piperidine rings is 1. The highest BCUT2D eigenvalue weighted by molar-refractivity contribution is 5.68. The summed E-state index contributed by atoms with van der Waals surface area (Å²) in [6, 6.07) is 16.1. The van der Waals surface area contributed by atoms with Gasteiger partial charge in [0.05, 0.1) is 29.0 Å². The first kappa shape index (κ1) is 15.6.